The maximum absolute atomic E-state index is 3.48. The van der Waals surface area contributed by atoms with E-state index in [4.69, 9.17) is 0 Å². The minimum Gasteiger partial charge on any atom is -0.314 e. The summed E-state index contributed by atoms with van der Waals surface area (Å²) in [6.45, 7) is 5.72. The van der Waals surface area contributed by atoms with Gasteiger partial charge >= 0.3 is 0 Å². The summed E-state index contributed by atoms with van der Waals surface area (Å²) >= 11 is 5.32. The standard InChI is InChI=1S/C9H13BrN2S.ClH/c10-9-2-1-8(13-9)7-12-5-3-11-4-6-12;/h1-2,11H,3-7H2;1H. The lowest BCUT2D eigenvalue weighted by Crippen LogP contribution is -2.42. The van der Waals surface area contributed by atoms with E-state index in [9.17, 15) is 0 Å². The summed E-state index contributed by atoms with van der Waals surface area (Å²) in [5.41, 5.74) is 0. The fraction of sp³-hybridized carbons (Fsp3) is 0.556. The molecular weight excluding hydrogens is 284 g/mol. The molecule has 1 saturated heterocycles. The highest BCUT2D eigenvalue weighted by Crippen LogP contribution is 2.23. The smallest absolute Gasteiger partial charge is 0.0701 e. The van der Waals surface area contributed by atoms with Crippen molar-refractivity contribution in [2.75, 3.05) is 26.2 Å². The van der Waals surface area contributed by atoms with Gasteiger partial charge in [0.2, 0.25) is 0 Å². The van der Waals surface area contributed by atoms with Crippen LogP contribution < -0.4 is 5.32 Å². The molecule has 0 spiro atoms. The Kier molecular flexibility index (Phi) is 5.41. The average molecular weight is 298 g/mol. The summed E-state index contributed by atoms with van der Waals surface area (Å²) in [5, 5.41) is 3.36. The van der Waals surface area contributed by atoms with Crippen LogP contribution in [0.5, 0.6) is 0 Å². The quantitative estimate of drug-likeness (QED) is 0.901. The number of hydrogen-bond acceptors (Lipinski definition) is 3. The Balaban J connectivity index is 0.000000980. The van der Waals surface area contributed by atoms with Crippen LogP contribution in [-0.4, -0.2) is 31.1 Å². The first kappa shape index (κ1) is 12.5. The minimum absolute atomic E-state index is 0. The van der Waals surface area contributed by atoms with Crippen LogP contribution in [0.2, 0.25) is 0 Å². The van der Waals surface area contributed by atoms with Gasteiger partial charge in [-0.2, -0.15) is 0 Å². The van der Waals surface area contributed by atoms with Crippen molar-refractivity contribution in [1.82, 2.24) is 10.2 Å². The Labute approximate surface area is 103 Å². The monoisotopic (exact) mass is 296 g/mol. The maximum Gasteiger partial charge on any atom is 0.0701 e. The molecule has 0 aliphatic carbocycles. The van der Waals surface area contributed by atoms with Gasteiger partial charge in [0.1, 0.15) is 0 Å². The third-order valence-electron chi connectivity index (χ3n) is 2.22. The van der Waals surface area contributed by atoms with E-state index in [-0.39, 0.29) is 12.4 Å². The summed E-state index contributed by atoms with van der Waals surface area (Å²) in [7, 11) is 0. The third kappa shape index (κ3) is 3.51. The number of nitrogens with zero attached hydrogens (tertiary/aromatic N) is 1. The Bertz CT molecular complexity index is 274. The lowest BCUT2D eigenvalue weighted by atomic mass is 10.3. The molecule has 0 aromatic carbocycles. The van der Waals surface area contributed by atoms with Crippen molar-refractivity contribution in [2.24, 2.45) is 0 Å². The molecular formula is C9H14BrClN2S. The number of hydrogen-bond donors (Lipinski definition) is 1. The molecule has 1 aromatic rings. The fourth-order valence-corrected chi connectivity index (χ4v) is 3.05. The molecule has 0 bridgehead atoms. The number of nitrogens with one attached hydrogen (secondary N) is 1. The summed E-state index contributed by atoms with van der Waals surface area (Å²) in [6, 6.07) is 4.33. The normalized spacial score (nSPS) is 17.8. The molecule has 0 amide bonds. The number of rotatable bonds is 2. The van der Waals surface area contributed by atoms with Gasteiger partial charge in [-0.15, -0.1) is 23.7 Å². The Morgan fingerprint density at radius 1 is 1.36 bits per heavy atom. The van der Waals surface area contributed by atoms with Crippen molar-refractivity contribution in [3.05, 3.63) is 20.8 Å². The van der Waals surface area contributed by atoms with Crippen LogP contribution in [0.3, 0.4) is 0 Å². The first-order chi connectivity index (χ1) is 6.34. The van der Waals surface area contributed by atoms with E-state index in [2.05, 4.69) is 38.3 Å². The van der Waals surface area contributed by atoms with E-state index in [0.29, 0.717) is 0 Å². The molecule has 1 aliphatic rings. The van der Waals surface area contributed by atoms with Crippen molar-refractivity contribution in [1.29, 1.82) is 0 Å². The Morgan fingerprint density at radius 3 is 2.64 bits per heavy atom. The van der Waals surface area contributed by atoms with Gasteiger partial charge in [0.05, 0.1) is 3.79 Å². The molecule has 80 valence electrons. The van der Waals surface area contributed by atoms with Crippen LogP contribution in [-0.2, 0) is 6.54 Å². The predicted molar refractivity (Wildman–Crippen MR) is 67.4 cm³/mol. The highest BCUT2D eigenvalue weighted by molar-refractivity contribution is 9.11. The van der Waals surface area contributed by atoms with Gasteiger partial charge in [-0.05, 0) is 28.1 Å². The lowest BCUT2D eigenvalue weighted by molar-refractivity contribution is 0.235. The fourth-order valence-electron chi connectivity index (χ4n) is 1.53. The first-order valence-electron chi connectivity index (χ1n) is 4.52. The van der Waals surface area contributed by atoms with Crippen LogP contribution in [0.4, 0.5) is 0 Å². The zero-order valence-electron chi connectivity index (χ0n) is 7.83. The molecule has 5 heteroatoms. The van der Waals surface area contributed by atoms with Crippen LogP contribution in [0.25, 0.3) is 0 Å². The maximum atomic E-state index is 3.48. The average Bonchev–Trinajstić information content (AvgIpc) is 2.53. The van der Waals surface area contributed by atoms with Crippen molar-refractivity contribution in [3.63, 3.8) is 0 Å². The summed E-state index contributed by atoms with van der Waals surface area (Å²) in [6.07, 6.45) is 0. The van der Waals surface area contributed by atoms with E-state index in [1.807, 2.05) is 11.3 Å². The molecule has 0 unspecified atom stereocenters. The van der Waals surface area contributed by atoms with E-state index in [1.165, 1.54) is 21.8 Å². The zero-order chi connectivity index (χ0) is 9.10. The second-order valence-corrected chi connectivity index (χ2v) is 5.78. The van der Waals surface area contributed by atoms with Gasteiger partial charge in [0.15, 0.2) is 0 Å². The molecule has 2 heterocycles. The molecule has 1 aromatic heterocycles. The lowest BCUT2D eigenvalue weighted by Gasteiger charge is -2.26. The molecule has 1 N–H and O–H groups in total. The number of thiophene rings is 1. The number of piperazine rings is 1. The van der Waals surface area contributed by atoms with Crippen LogP contribution >= 0.6 is 39.7 Å². The van der Waals surface area contributed by atoms with Crippen LogP contribution in [0.1, 0.15) is 4.88 Å². The molecule has 0 atom stereocenters. The van der Waals surface area contributed by atoms with Gasteiger partial charge in [0, 0.05) is 37.6 Å². The predicted octanol–water partition coefficient (Wildman–Crippen LogP) is 2.34. The zero-order valence-corrected chi connectivity index (χ0v) is 11.1. The molecule has 0 radical (unpaired) electrons. The molecule has 1 fully saturated rings. The topological polar surface area (TPSA) is 15.3 Å². The van der Waals surface area contributed by atoms with E-state index in [1.54, 1.807) is 0 Å². The summed E-state index contributed by atoms with van der Waals surface area (Å²) in [5.74, 6) is 0. The van der Waals surface area contributed by atoms with Crippen molar-refractivity contribution < 1.29 is 0 Å². The SMILES string of the molecule is Brc1ccc(CN2CCNCC2)s1.Cl. The molecule has 1 aliphatic heterocycles. The highest BCUT2D eigenvalue weighted by atomic mass is 79.9. The minimum atomic E-state index is 0. The van der Waals surface area contributed by atoms with Crippen molar-refractivity contribution >= 4 is 39.7 Å². The van der Waals surface area contributed by atoms with Crippen LogP contribution in [0.15, 0.2) is 15.9 Å². The van der Waals surface area contributed by atoms with Gasteiger partial charge in [-0.25, -0.2) is 0 Å². The highest BCUT2D eigenvalue weighted by Gasteiger charge is 2.10. The molecule has 0 saturated carbocycles. The molecule has 2 rings (SSSR count). The number of halogens is 2. The van der Waals surface area contributed by atoms with Gasteiger partial charge in [0.25, 0.3) is 0 Å². The van der Waals surface area contributed by atoms with Gasteiger partial charge < -0.3 is 5.32 Å². The second kappa shape index (κ2) is 6.08. The Hall–Kier alpha value is 0.390. The molecule has 2 nitrogen and oxygen atoms in total. The van der Waals surface area contributed by atoms with E-state index < -0.39 is 0 Å². The first-order valence-corrected chi connectivity index (χ1v) is 6.13. The van der Waals surface area contributed by atoms with Crippen LogP contribution in [0, 0.1) is 0 Å². The van der Waals surface area contributed by atoms with E-state index >= 15 is 0 Å². The van der Waals surface area contributed by atoms with E-state index in [0.717, 1.165) is 19.6 Å². The molecule has 14 heavy (non-hydrogen) atoms. The third-order valence-corrected chi connectivity index (χ3v) is 3.83. The summed E-state index contributed by atoms with van der Waals surface area (Å²) in [4.78, 5) is 3.95. The second-order valence-electron chi connectivity index (χ2n) is 3.23. The summed E-state index contributed by atoms with van der Waals surface area (Å²) < 4.78 is 1.23. The van der Waals surface area contributed by atoms with Gasteiger partial charge in [-0.3, -0.25) is 4.90 Å². The van der Waals surface area contributed by atoms with Crippen molar-refractivity contribution in [3.8, 4) is 0 Å². The Morgan fingerprint density at radius 2 is 2.07 bits per heavy atom. The largest absolute Gasteiger partial charge is 0.314 e. The van der Waals surface area contributed by atoms with Gasteiger partial charge in [-0.1, -0.05) is 0 Å². The van der Waals surface area contributed by atoms with Crippen molar-refractivity contribution in [2.45, 2.75) is 6.54 Å².